The normalized spacial score (nSPS) is 20.8. The Hall–Kier alpha value is -2.22. The van der Waals surface area contributed by atoms with Crippen LogP contribution in [-0.2, 0) is 9.47 Å². The highest BCUT2D eigenvalue weighted by Crippen LogP contribution is 2.24. The molecule has 28 heavy (non-hydrogen) atoms. The van der Waals surface area contributed by atoms with E-state index in [0.717, 1.165) is 63.6 Å². The molecule has 2 aromatic rings. The van der Waals surface area contributed by atoms with Crippen molar-refractivity contribution in [3.8, 4) is 11.3 Å². The lowest BCUT2D eigenvalue weighted by molar-refractivity contribution is -0.0393. The summed E-state index contributed by atoms with van der Waals surface area (Å²) in [5, 5.41) is 7.65. The largest absolute Gasteiger partial charge is 0.379 e. The van der Waals surface area contributed by atoms with Gasteiger partial charge in [0, 0.05) is 50.1 Å². The maximum Gasteiger partial charge on any atom is 0.251 e. The Morgan fingerprint density at radius 1 is 1.11 bits per heavy atom. The molecule has 0 aliphatic carbocycles. The highest BCUT2D eigenvalue weighted by molar-refractivity contribution is 5.94. The van der Waals surface area contributed by atoms with E-state index in [1.807, 2.05) is 41.2 Å². The number of carbonyl (C=O) groups is 1. The average Bonchev–Trinajstić information content (AvgIpc) is 3.25. The summed E-state index contributed by atoms with van der Waals surface area (Å²) in [5.41, 5.74) is 2.56. The second-order valence-electron chi connectivity index (χ2n) is 7.29. The summed E-state index contributed by atoms with van der Waals surface area (Å²) in [6.07, 6.45) is 5.32. The van der Waals surface area contributed by atoms with Gasteiger partial charge in [0.2, 0.25) is 0 Å². The van der Waals surface area contributed by atoms with Gasteiger partial charge < -0.3 is 14.8 Å². The van der Waals surface area contributed by atoms with Crippen LogP contribution in [0.3, 0.4) is 0 Å². The molecule has 1 unspecified atom stereocenters. The summed E-state index contributed by atoms with van der Waals surface area (Å²) in [4.78, 5) is 14.7. The number of rotatable bonds is 6. The molecule has 0 spiro atoms. The van der Waals surface area contributed by atoms with E-state index in [1.165, 1.54) is 6.42 Å². The molecule has 0 bridgehead atoms. The predicted octanol–water partition coefficient (Wildman–Crippen LogP) is 2.31. The molecule has 1 aromatic heterocycles. The van der Waals surface area contributed by atoms with Crippen LogP contribution in [0.15, 0.2) is 36.5 Å². The number of ether oxygens (including phenoxy) is 2. The van der Waals surface area contributed by atoms with Crippen LogP contribution in [0.1, 0.15) is 35.8 Å². The average molecular weight is 384 g/mol. The van der Waals surface area contributed by atoms with Gasteiger partial charge >= 0.3 is 0 Å². The lowest BCUT2D eigenvalue weighted by atomic mass is 10.1. The Kier molecular flexibility index (Phi) is 6.36. The molecule has 4 rings (SSSR count). The van der Waals surface area contributed by atoms with E-state index < -0.39 is 0 Å². The van der Waals surface area contributed by atoms with Gasteiger partial charge in [0.05, 0.1) is 18.9 Å². The van der Waals surface area contributed by atoms with E-state index in [4.69, 9.17) is 9.47 Å². The molecular formula is C21H28N4O3. The Morgan fingerprint density at radius 3 is 2.68 bits per heavy atom. The molecule has 2 saturated heterocycles. The SMILES string of the molecule is O=C(NCCN1CCOCC1)c1ccc(-c2ccn(C3CCCCO3)n2)cc1. The molecule has 1 atom stereocenters. The third-order valence-electron chi connectivity index (χ3n) is 5.32. The predicted molar refractivity (Wildman–Crippen MR) is 106 cm³/mol. The number of aromatic nitrogens is 2. The van der Waals surface area contributed by atoms with Crippen molar-refractivity contribution >= 4 is 5.91 Å². The van der Waals surface area contributed by atoms with E-state index in [-0.39, 0.29) is 12.1 Å². The Labute approximate surface area is 165 Å². The van der Waals surface area contributed by atoms with Gasteiger partial charge in [-0.25, -0.2) is 4.68 Å². The number of amides is 1. The van der Waals surface area contributed by atoms with Crippen molar-refractivity contribution in [2.75, 3.05) is 46.0 Å². The van der Waals surface area contributed by atoms with Gasteiger partial charge in [-0.3, -0.25) is 9.69 Å². The molecule has 7 nitrogen and oxygen atoms in total. The Morgan fingerprint density at radius 2 is 1.93 bits per heavy atom. The molecule has 1 N–H and O–H groups in total. The van der Waals surface area contributed by atoms with Crippen molar-refractivity contribution in [3.05, 3.63) is 42.1 Å². The van der Waals surface area contributed by atoms with Crippen molar-refractivity contribution in [2.24, 2.45) is 0 Å². The number of morpholine rings is 1. The van der Waals surface area contributed by atoms with E-state index in [1.54, 1.807) is 0 Å². The Bertz CT molecular complexity index is 762. The molecule has 2 fully saturated rings. The number of hydrogen-bond acceptors (Lipinski definition) is 5. The lowest BCUT2D eigenvalue weighted by Crippen LogP contribution is -2.41. The molecule has 7 heteroatoms. The van der Waals surface area contributed by atoms with Crippen molar-refractivity contribution in [2.45, 2.75) is 25.5 Å². The standard InChI is InChI=1S/C21H28N4O3/c26-21(22-9-11-24-12-15-27-16-13-24)18-6-4-17(5-7-18)19-8-10-25(23-19)20-3-1-2-14-28-20/h4-8,10,20H,1-3,9,11-16H2,(H,22,26). The van der Waals surface area contributed by atoms with Crippen LogP contribution >= 0.6 is 0 Å². The molecule has 0 radical (unpaired) electrons. The van der Waals surface area contributed by atoms with E-state index in [9.17, 15) is 4.79 Å². The highest BCUT2D eigenvalue weighted by atomic mass is 16.5. The van der Waals surface area contributed by atoms with Gasteiger partial charge in [0.1, 0.15) is 6.23 Å². The van der Waals surface area contributed by atoms with Crippen molar-refractivity contribution < 1.29 is 14.3 Å². The van der Waals surface area contributed by atoms with Crippen LogP contribution in [-0.4, -0.2) is 66.6 Å². The Balaban J connectivity index is 1.30. The first-order valence-corrected chi connectivity index (χ1v) is 10.1. The molecule has 3 heterocycles. The summed E-state index contributed by atoms with van der Waals surface area (Å²) in [6, 6.07) is 9.61. The fraction of sp³-hybridized carbons (Fsp3) is 0.524. The fourth-order valence-corrected chi connectivity index (χ4v) is 3.63. The van der Waals surface area contributed by atoms with E-state index >= 15 is 0 Å². The van der Waals surface area contributed by atoms with Gasteiger partial charge in [-0.1, -0.05) is 12.1 Å². The molecule has 0 saturated carbocycles. The minimum Gasteiger partial charge on any atom is -0.379 e. The van der Waals surface area contributed by atoms with Crippen LogP contribution < -0.4 is 5.32 Å². The molecule has 150 valence electrons. The second kappa shape index (κ2) is 9.32. The first-order valence-electron chi connectivity index (χ1n) is 10.1. The van der Waals surface area contributed by atoms with Gasteiger partial charge in [-0.15, -0.1) is 0 Å². The van der Waals surface area contributed by atoms with Gasteiger partial charge in [0.25, 0.3) is 5.91 Å². The minimum absolute atomic E-state index is 0.0408. The maximum absolute atomic E-state index is 12.4. The number of nitrogens with zero attached hydrogens (tertiary/aromatic N) is 3. The zero-order valence-corrected chi connectivity index (χ0v) is 16.2. The topological polar surface area (TPSA) is 68.6 Å². The smallest absolute Gasteiger partial charge is 0.251 e. The molecular weight excluding hydrogens is 356 g/mol. The van der Waals surface area contributed by atoms with Gasteiger partial charge in [-0.05, 0) is 37.5 Å². The lowest BCUT2D eigenvalue weighted by Gasteiger charge is -2.26. The van der Waals surface area contributed by atoms with Crippen LogP contribution in [0.2, 0.25) is 0 Å². The van der Waals surface area contributed by atoms with Gasteiger partial charge in [-0.2, -0.15) is 5.10 Å². The fourth-order valence-electron chi connectivity index (χ4n) is 3.63. The van der Waals surface area contributed by atoms with Gasteiger partial charge in [0.15, 0.2) is 0 Å². The highest BCUT2D eigenvalue weighted by Gasteiger charge is 2.17. The molecule has 2 aliphatic heterocycles. The van der Waals surface area contributed by atoms with Crippen molar-refractivity contribution in [1.29, 1.82) is 0 Å². The molecule has 1 aromatic carbocycles. The summed E-state index contributed by atoms with van der Waals surface area (Å²) < 4.78 is 13.0. The van der Waals surface area contributed by atoms with Crippen LogP contribution in [0.4, 0.5) is 0 Å². The summed E-state index contributed by atoms with van der Waals surface area (Å²) in [6.45, 7) is 5.72. The first-order chi connectivity index (χ1) is 13.8. The summed E-state index contributed by atoms with van der Waals surface area (Å²) in [7, 11) is 0. The number of hydrogen-bond donors (Lipinski definition) is 1. The molecule has 1 amide bonds. The summed E-state index contributed by atoms with van der Waals surface area (Å²) >= 11 is 0. The van der Waals surface area contributed by atoms with Crippen LogP contribution in [0.5, 0.6) is 0 Å². The maximum atomic E-state index is 12.4. The number of nitrogens with one attached hydrogen (secondary N) is 1. The quantitative estimate of drug-likeness (QED) is 0.828. The third-order valence-corrected chi connectivity index (χ3v) is 5.32. The van der Waals surface area contributed by atoms with Crippen LogP contribution in [0, 0.1) is 0 Å². The van der Waals surface area contributed by atoms with E-state index in [0.29, 0.717) is 12.1 Å². The van der Waals surface area contributed by atoms with Crippen LogP contribution in [0.25, 0.3) is 11.3 Å². The monoisotopic (exact) mass is 384 g/mol. The van der Waals surface area contributed by atoms with Crippen molar-refractivity contribution in [3.63, 3.8) is 0 Å². The second-order valence-corrected chi connectivity index (χ2v) is 7.29. The third kappa shape index (κ3) is 4.79. The number of carbonyl (C=O) groups excluding carboxylic acids is 1. The van der Waals surface area contributed by atoms with Crippen molar-refractivity contribution in [1.82, 2.24) is 20.0 Å². The zero-order valence-electron chi connectivity index (χ0n) is 16.2. The number of benzene rings is 1. The zero-order chi connectivity index (χ0) is 19.2. The minimum atomic E-state index is -0.0408. The first kappa shape index (κ1) is 19.1. The molecule has 2 aliphatic rings. The van der Waals surface area contributed by atoms with E-state index in [2.05, 4.69) is 15.3 Å². The summed E-state index contributed by atoms with van der Waals surface area (Å²) in [5.74, 6) is -0.0408.